The Bertz CT molecular complexity index is 1540. The van der Waals surface area contributed by atoms with E-state index in [1.807, 2.05) is 42.6 Å². The molecule has 7 heteroatoms. The summed E-state index contributed by atoms with van der Waals surface area (Å²) < 4.78 is 7.47. The first-order chi connectivity index (χ1) is 19.0. The maximum atomic E-state index is 12.7. The Hall–Kier alpha value is -3.09. The van der Waals surface area contributed by atoms with Gasteiger partial charge in [-0.1, -0.05) is 41.9 Å². The number of carbonyl (C=O) groups is 1. The van der Waals surface area contributed by atoms with Crippen LogP contribution in [0.5, 0.6) is 5.75 Å². The fraction of sp³-hybridized carbons (Fsp3) is 0.375. The highest BCUT2D eigenvalue weighted by Gasteiger charge is 2.59. The normalized spacial score (nSPS) is 29.3. The van der Waals surface area contributed by atoms with Crippen LogP contribution in [0.25, 0.3) is 10.2 Å². The third kappa shape index (κ3) is 4.29. The van der Waals surface area contributed by atoms with Crippen molar-refractivity contribution >= 4 is 44.8 Å². The highest BCUT2D eigenvalue weighted by molar-refractivity contribution is 7.17. The van der Waals surface area contributed by atoms with Crippen LogP contribution in [0.3, 0.4) is 0 Å². The van der Waals surface area contributed by atoms with E-state index in [1.54, 1.807) is 11.3 Å². The second-order valence-corrected chi connectivity index (χ2v) is 12.9. The molecule has 1 unspecified atom stereocenters. The smallest absolute Gasteiger partial charge is 0.329 e. The van der Waals surface area contributed by atoms with Crippen LogP contribution in [0.4, 0.5) is 5.69 Å². The minimum Gasteiger partial charge on any atom is -0.492 e. The standard InChI is InChI=1S/C32H31ClN2O3S/c33-22-5-3-6-23(18-22)35-32(30(36)37)12-10-31(11-13-32)25-7-2-1-4-20(25)17-26(31)24-16-21(24)19-38-28-8-14-34-27-9-15-39-29(27)28/h1-9,14-15,18,21,24,26,35H,10-13,16-17,19H2,(H,36,37)/t21-,24+,26?,31?,32?/m1/s1. The zero-order valence-corrected chi connectivity index (χ0v) is 23.2. The summed E-state index contributed by atoms with van der Waals surface area (Å²) in [5, 5.41) is 16.4. The van der Waals surface area contributed by atoms with Crippen molar-refractivity contribution in [2.75, 3.05) is 11.9 Å². The number of benzene rings is 2. The first kappa shape index (κ1) is 24.9. The van der Waals surface area contributed by atoms with Crippen molar-refractivity contribution in [1.82, 2.24) is 4.98 Å². The predicted octanol–water partition coefficient (Wildman–Crippen LogP) is 7.58. The summed E-state index contributed by atoms with van der Waals surface area (Å²) in [5.41, 5.74) is 3.66. The second-order valence-electron chi connectivity index (χ2n) is 11.6. The van der Waals surface area contributed by atoms with Crippen molar-refractivity contribution in [1.29, 1.82) is 0 Å². The van der Waals surface area contributed by atoms with Gasteiger partial charge in [0.25, 0.3) is 0 Å². The van der Waals surface area contributed by atoms with E-state index in [0.717, 1.165) is 47.5 Å². The summed E-state index contributed by atoms with van der Waals surface area (Å²) >= 11 is 7.88. The molecule has 0 bridgehead atoms. The number of aliphatic carboxylic acids is 1. The number of fused-ring (bicyclic) bond motifs is 3. The van der Waals surface area contributed by atoms with Gasteiger partial charge >= 0.3 is 5.97 Å². The molecule has 2 aromatic carbocycles. The van der Waals surface area contributed by atoms with E-state index in [1.165, 1.54) is 17.5 Å². The number of halogens is 1. The number of carboxylic acid groups (broad SMARTS) is 1. The second kappa shape index (κ2) is 9.53. The van der Waals surface area contributed by atoms with Crippen LogP contribution in [0, 0.1) is 17.8 Å². The summed E-state index contributed by atoms with van der Waals surface area (Å²) in [6.07, 6.45) is 6.96. The van der Waals surface area contributed by atoms with Gasteiger partial charge in [-0.15, -0.1) is 11.3 Å². The number of nitrogens with zero attached hydrogens (tertiary/aromatic N) is 1. The molecule has 0 amide bonds. The molecule has 0 radical (unpaired) electrons. The monoisotopic (exact) mass is 558 g/mol. The van der Waals surface area contributed by atoms with Gasteiger partial charge in [0.2, 0.25) is 0 Å². The number of anilines is 1. The SMILES string of the molecule is O=C(O)C1(Nc2cccc(Cl)c2)CCC2(CC1)c1ccccc1CC2[C@H]1C[C@@H]1COc1ccnc2ccsc12. The molecule has 0 aliphatic heterocycles. The molecule has 3 atom stereocenters. The first-order valence-corrected chi connectivity index (χ1v) is 15.0. The minimum absolute atomic E-state index is 0.0165. The number of rotatable bonds is 7. The van der Waals surface area contributed by atoms with Gasteiger partial charge in [-0.2, -0.15) is 0 Å². The molecule has 4 aromatic rings. The summed E-state index contributed by atoms with van der Waals surface area (Å²) in [5.74, 6) is 1.79. The van der Waals surface area contributed by atoms with Crippen LogP contribution in [0.15, 0.2) is 72.2 Å². The van der Waals surface area contributed by atoms with E-state index in [2.05, 4.69) is 39.9 Å². The molecule has 1 spiro atoms. The van der Waals surface area contributed by atoms with Gasteiger partial charge in [0, 0.05) is 16.9 Å². The zero-order valence-electron chi connectivity index (χ0n) is 21.6. The first-order valence-electron chi connectivity index (χ1n) is 13.8. The average molecular weight is 559 g/mol. The maximum Gasteiger partial charge on any atom is 0.329 e. The van der Waals surface area contributed by atoms with Gasteiger partial charge in [-0.05, 0) is 109 Å². The van der Waals surface area contributed by atoms with Crippen LogP contribution in [0.1, 0.15) is 43.2 Å². The van der Waals surface area contributed by atoms with E-state index in [4.69, 9.17) is 16.3 Å². The number of nitrogens with one attached hydrogen (secondary N) is 1. The number of carboxylic acids is 1. The molecule has 7 rings (SSSR count). The number of ether oxygens (including phenoxy) is 1. The minimum atomic E-state index is -0.989. The maximum absolute atomic E-state index is 12.7. The van der Waals surface area contributed by atoms with Crippen molar-refractivity contribution < 1.29 is 14.6 Å². The van der Waals surface area contributed by atoms with E-state index in [-0.39, 0.29) is 5.41 Å². The van der Waals surface area contributed by atoms with Gasteiger partial charge in [0.15, 0.2) is 0 Å². The van der Waals surface area contributed by atoms with Crippen LogP contribution >= 0.6 is 22.9 Å². The highest BCUT2D eigenvalue weighted by Crippen LogP contribution is 2.62. The number of aromatic nitrogens is 1. The number of hydrogen-bond donors (Lipinski definition) is 2. The number of hydrogen-bond acceptors (Lipinski definition) is 5. The molecule has 2 heterocycles. The molecule has 2 saturated carbocycles. The average Bonchev–Trinajstić information content (AvgIpc) is 3.40. The summed E-state index contributed by atoms with van der Waals surface area (Å²) in [7, 11) is 0. The summed E-state index contributed by atoms with van der Waals surface area (Å²) in [6, 6.07) is 20.3. The topological polar surface area (TPSA) is 71.5 Å². The number of pyridine rings is 1. The molecular weight excluding hydrogens is 528 g/mol. The largest absolute Gasteiger partial charge is 0.492 e. The Morgan fingerprint density at radius 2 is 1.95 bits per heavy atom. The Labute approximate surface area is 237 Å². The van der Waals surface area contributed by atoms with Crippen LogP contribution in [-0.2, 0) is 16.6 Å². The fourth-order valence-electron chi connectivity index (χ4n) is 7.49. The van der Waals surface area contributed by atoms with E-state index in [9.17, 15) is 9.90 Å². The molecule has 3 aliphatic rings. The van der Waals surface area contributed by atoms with Gasteiger partial charge in [0.05, 0.1) is 16.8 Å². The third-order valence-corrected chi connectivity index (χ3v) is 10.7. The van der Waals surface area contributed by atoms with Crippen molar-refractivity contribution in [3.63, 3.8) is 0 Å². The fourth-order valence-corrected chi connectivity index (χ4v) is 8.50. The van der Waals surface area contributed by atoms with Crippen LogP contribution in [0.2, 0.25) is 5.02 Å². The molecule has 39 heavy (non-hydrogen) atoms. The Morgan fingerprint density at radius 3 is 2.77 bits per heavy atom. The van der Waals surface area contributed by atoms with Crippen molar-refractivity contribution in [2.24, 2.45) is 17.8 Å². The highest BCUT2D eigenvalue weighted by atomic mass is 35.5. The van der Waals surface area contributed by atoms with Crippen molar-refractivity contribution in [2.45, 2.75) is 49.5 Å². The Balaban J connectivity index is 1.11. The molecule has 2 fully saturated rings. The molecule has 0 saturated heterocycles. The molecule has 5 nitrogen and oxygen atoms in total. The molecule has 2 aromatic heterocycles. The van der Waals surface area contributed by atoms with Gasteiger partial charge in [0.1, 0.15) is 11.3 Å². The zero-order chi connectivity index (χ0) is 26.6. The summed E-state index contributed by atoms with van der Waals surface area (Å²) in [6.45, 7) is 0.722. The third-order valence-electron chi connectivity index (χ3n) is 9.57. The lowest BCUT2D eigenvalue weighted by Crippen LogP contribution is -2.53. The summed E-state index contributed by atoms with van der Waals surface area (Å²) in [4.78, 5) is 17.1. The van der Waals surface area contributed by atoms with E-state index < -0.39 is 11.5 Å². The number of thiophene rings is 1. The molecule has 200 valence electrons. The predicted molar refractivity (Wildman–Crippen MR) is 156 cm³/mol. The van der Waals surface area contributed by atoms with Crippen LogP contribution < -0.4 is 10.1 Å². The Morgan fingerprint density at radius 1 is 1.10 bits per heavy atom. The lowest BCUT2D eigenvalue weighted by Gasteiger charge is -2.47. The quantitative estimate of drug-likeness (QED) is 0.244. The van der Waals surface area contributed by atoms with E-state index >= 15 is 0 Å². The Kier molecular flexibility index (Phi) is 6.09. The lowest BCUT2D eigenvalue weighted by molar-refractivity contribution is -0.144. The van der Waals surface area contributed by atoms with E-state index in [0.29, 0.717) is 35.6 Å². The van der Waals surface area contributed by atoms with Gasteiger partial charge in [-0.3, -0.25) is 4.98 Å². The van der Waals surface area contributed by atoms with Gasteiger partial charge < -0.3 is 15.2 Å². The molecule has 3 aliphatic carbocycles. The van der Waals surface area contributed by atoms with Gasteiger partial charge in [-0.25, -0.2) is 4.79 Å². The lowest BCUT2D eigenvalue weighted by atomic mass is 9.59. The van der Waals surface area contributed by atoms with Crippen LogP contribution in [-0.4, -0.2) is 28.2 Å². The molecular formula is C32H31ClN2O3S. The molecule has 2 N–H and O–H groups in total. The van der Waals surface area contributed by atoms with Crippen molar-refractivity contribution in [3.05, 3.63) is 88.4 Å². The van der Waals surface area contributed by atoms with Crippen molar-refractivity contribution in [3.8, 4) is 5.75 Å².